The van der Waals surface area contributed by atoms with Crippen LogP contribution in [0.1, 0.15) is 0 Å². The van der Waals surface area contributed by atoms with Crippen molar-refractivity contribution >= 4 is 17.6 Å². The second-order valence-electron chi connectivity index (χ2n) is 1.63. The van der Waals surface area contributed by atoms with Gasteiger partial charge in [0.1, 0.15) is 0 Å². The van der Waals surface area contributed by atoms with E-state index in [1.54, 1.807) is 0 Å². The minimum atomic E-state index is 0.0351. The third-order valence-electron chi connectivity index (χ3n) is 1.02. The van der Waals surface area contributed by atoms with Gasteiger partial charge >= 0.3 is 5.95 Å². The van der Waals surface area contributed by atoms with Crippen LogP contribution in [0.3, 0.4) is 0 Å². The SMILES string of the molecule is [C-]#[N+]c1nc(NN)[nH]c1[N+]#[C-]. The molecule has 1 heterocycles. The highest BCUT2D eigenvalue weighted by atomic mass is 15.3. The first-order valence-electron chi connectivity index (χ1n) is 2.63. The molecule has 0 bridgehead atoms. The van der Waals surface area contributed by atoms with Crippen LogP contribution in [0.15, 0.2) is 0 Å². The standard InChI is InChI=1S/C5H4N6/c1-7-3-4(8-2)10-5(9-3)11-6/h6H2,(H2,9,10,11). The van der Waals surface area contributed by atoms with E-state index in [4.69, 9.17) is 19.0 Å². The Hall–Kier alpha value is -2.05. The van der Waals surface area contributed by atoms with Gasteiger partial charge in [0.2, 0.25) is 0 Å². The van der Waals surface area contributed by atoms with Crippen molar-refractivity contribution in [1.82, 2.24) is 9.97 Å². The Labute approximate surface area is 62.7 Å². The number of imidazole rings is 1. The Kier molecular flexibility index (Phi) is 1.73. The van der Waals surface area contributed by atoms with Gasteiger partial charge in [-0.3, -0.25) is 10.4 Å². The molecule has 1 rings (SSSR count). The van der Waals surface area contributed by atoms with Crippen LogP contribution in [0.4, 0.5) is 17.6 Å². The zero-order chi connectivity index (χ0) is 8.27. The maximum atomic E-state index is 6.62. The molecule has 1 aromatic rings. The molecule has 11 heavy (non-hydrogen) atoms. The highest BCUT2D eigenvalue weighted by molar-refractivity contribution is 5.65. The molecule has 0 radical (unpaired) electrons. The van der Waals surface area contributed by atoms with Crippen molar-refractivity contribution in [2.45, 2.75) is 0 Å². The van der Waals surface area contributed by atoms with Gasteiger partial charge in [0.15, 0.2) is 0 Å². The van der Waals surface area contributed by atoms with Crippen LogP contribution in [0.25, 0.3) is 9.69 Å². The van der Waals surface area contributed by atoms with E-state index in [1.807, 2.05) is 0 Å². The van der Waals surface area contributed by atoms with Gasteiger partial charge in [-0.2, -0.15) is 0 Å². The Morgan fingerprint density at radius 2 is 2.18 bits per heavy atom. The van der Waals surface area contributed by atoms with Gasteiger partial charge in [0.05, 0.1) is 0 Å². The van der Waals surface area contributed by atoms with E-state index in [9.17, 15) is 0 Å². The number of hydrogen-bond acceptors (Lipinski definition) is 3. The molecule has 1 aromatic heterocycles. The number of H-pyrrole nitrogens is 1. The van der Waals surface area contributed by atoms with E-state index in [-0.39, 0.29) is 17.6 Å². The number of nitrogens with zero attached hydrogens (tertiary/aromatic N) is 3. The van der Waals surface area contributed by atoms with E-state index in [1.165, 1.54) is 0 Å². The second-order valence-corrected chi connectivity index (χ2v) is 1.63. The number of nitrogens with two attached hydrogens (primary N) is 1. The van der Waals surface area contributed by atoms with Crippen molar-refractivity contribution < 1.29 is 0 Å². The van der Waals surface area contributed by atoms with E-state index in [0.717, 1.165) is 0 Å². The molecule has 0 aromatic carbocycles. The fourth-order valence-electron chi connectivity index (χ4n) is 0.579. The largest absolute Gasteiger partial charge is 0.383 e. The van der Waals surface area contributed by atoms with E-state index < -0.39 is 0 Å². The number of anilines is 1. The molecule has 0 amide bonds. The summed E-state index contributed by atoms with van der Waals surface area (Å²) >= 11 is 0. The summed E-state index contributed by atoms with van der Waals surface area (Å²) in [6.45, 7) is 13.2. The van der Waals surface area contributed by atoms with Crippen molar-refractivity contribution in [3.8, 4) is 0 Å². The maximum absolute atomic E-state index is 6.62. The lowest BCUT2D eigenvalue weighted by Gasteiger charge is -1.80. The highest BCUT2D eigenvalue weighted by Gasteiger charge is 2.11. The molecule has 0 aliphatic carbocycles. The monoisotopic (exact) mass is 148 g/mol. The lowest BCUT2D eigenvalue weighted by atomic mass is 10.7. The molecule has 0 aliphatic heterocycles. The zero-order valence-corrected chi connectivity index (χ0v) is 5.42. The summed E-state index contributed by atoms with van der Waals surface area (Å²) in [4.78, 5) is 12.2. The summed E-state index contributed by atoms with van der Waals surface area (Å²) in [5.41, 5.74) is 2.20. The lowest BCUT2D eigenvalue weighted by molar-refractivity contribution is 1.20. The predicted octanol–water partition coefficient (Wildman–Crippen LogP) is 0.797. The van der Waals surface area contributed by atoms with Gasteiger partial charge in [0, 0.05) is 0 Å². The average Bonchev–Trinajstić information content (AvgIpc) is 2.46. The van der Waals surface area contributed by atoms with Crippen LogP contribution in [0.2, 0.25) is 0 Å². The number of aromatic nitrogens is 2. The van der Waals surface area contributed by atoms with Crippen molar-refractivity contribution in [3.05, 3.63) is 22.8 Å². The molecule has 0 aliphatic rings. The van der Waals surface area contributed by atoms with Crippen LogP contribution >= 0.6 is 0 Å². The lowest BCUT2D eigenvalue weighted by Crippen LogP contribution is -2.07. The van der Waals surface area contributed by atoms with Gasteiger partial charge in [-0.1, -0.05) is 18.1 Å². The molecule has 4 N–H and O–H groups in total. The van der Waals surface area contributed by atoms with E-state index >= 15 is 0 Å². The fraction of sp³-hybridized carbons (Fsp3) is 0. The van der Waals surface area contributed by atoms with Crippen molar-refractivity contribution in [3.63, 3.8) is 0 Å². The number of nitrogens with one attached hydrogen (secondary N) is 2. The first-order chi connectivity index (χ1) is 5.31. The quantitative estimate of drug-likeness (QED) is 0.313. The van der Waals surface area contributed by atoms with Gasteiger partial charge in [-0.05, 0) is 0 Å². The Morgan fingerprint density at radius 1 is 1.45 bits per heavy atom. The third-order valence-corrected chi connectivity index (χ3v) is 1.02. The number of nitrogen functional groups attached to an aromatic ring is 1. The Morgan fingerprint density at radius 3 is 2.55 bits per heavy atom. The van der Waals surface area contributed by atoms with E-state index in [2.05, 4.69) is 25.1 Å². The first-order valence-corrected chi connectivity index (χ1v) is 2.63. The molecular formula is C5H4N6. The third kappa shape index (κ3) is 1.11. The summed E-state index contributed by atoms with van der Waals surface area (Å²) in [6, 6.07) is 0. The van der Waals surface area contributed by atoms with Crippen molar-refractivity contribution in [2.75, 3.05) is 5.43 Å². The number of hydrogen-bond donors (Lipinski definition) is 3. The normalized spacial score (nSPS) is 8.27. The summed E-state index contributed by atoms with van der Waals surface area (Å²) in [7, 11) is 0. The van der Waals surface area contributed by atoms with Crippen LogP contribution in [0, 0.1) is 13.1 Å². The molecule has 0 spiro atoms. The molecule has 0 saturated carbocycles. The Balaban J connectivity index is 3.18. The number of hydrazine groups is 1. The molecule has 0 saturated heterocycles. The number of aromatic amines is 1. The topological polar surface area (TPSA) is 75.5 Å². The molecule has 0 fully saturated rings. The molecular weight excluding hydrogens is 144 g/mol. The van der Waals surface area contributed by atoms with Gasteiger partial charge in [-0.25, -0.2) is 5.84 Å². The second kappa shape index (κ2) is 2.69. The highest BCUT2D eigenvalue weighted by Crippen LogP contribution is 2.25. The minimum Gasteiger partial charge on any atom is -0.373 e. The van der Waals surface area contributed by atoms with Crippen molar-refractivity contribution in [2.24, 2.45) is 5.84 Å². The van der Waals surface area contributed by atoms with E-state index in [0.29, 0.717) is 0 Å². The fourth-order valence-corrected chi connectivity index (χ4v) is 0.579. The summed E-state index contributed by atoms with van der Waals surface area (Å²) in [5.74, 6) is 5.36. The summed E-state index contributed by atoms with van der Waals surface area (Å²) < 4.78 is 0. The van der Waals surface area contributed by atoms with Crippen LogP contribution in [-0.2, 0) is 0 Å². The van der Waals surface area contributed by atoms with Gasteiger partial charge in [0.25, 0.3) is 11.6 Å². The summed E-state index contributed by atoms with van der Waals surface area (Å²) in [5, 5.41) is 0. The van der Waals surface area contributed by atoms with Crippen LogP contribution in [0.5, 0.6) is 0 Å². The average molecular weight is 148 g/mol. The molecule has 0 atom stereocenters. The predicted molar refractivity (Wildman–Crippen MR) is 38.9 cm³/mol. The van der Waals surface area contributed by atoms with Gasteiger partial charge in [-0.15, -0.1) is 0 Å². The summed E-state index contributed by atoms with van der Waals surface area (Å²) in [6.07, 6.45) is 0. The van der Waals surface area contributed by atoms with Crippen LogP contribution < -0.4 is 11.3 Å². The zero-order valence-electron chi connectivity index (χ0n) is 5.42. The Bertz CT molecular complexity index is 305. The first kappa shape index (κ1) is 7.06. The van der Waals surface area contributed by atoms with Crippen LogP contribution in [-0.4, -0.2) is 9.97 Å². The molecule has 6 heteroatoms. The minimum absolute atomic E-state index is 0.0351. The smallest absolute Gasteiger partial charge is 0.373 e. The maximum Gasteiger partial charge on any atom is 0.383 e. The molecule has 6 nitrogen and oxygen atoms in total. The number of rotatable bonds is 1. The molecule has 54 valence electrons. The van der Waals surface area contributed by atoms with Gasteiger partial charge < -0.3 is 9.69 Å². The van der Waals surface area contributed by atoms with Crippen molar-refractivity contribution in [1.29, 1.82) is 0 Å². The molecule has 0 unspecified atom stereocenters.